The number of hydrogen-bond acceptors (Lipinski definition) is 5. The summed E-state index contributed by atoms with van der Waals surface area (Å²) in [5.74, 6) is -0.495. The molecule has 0 spiro atoms. The van der Waals surface area contributed by atoms with Crippen molar-refractivity contribution in [3.05, 3.63) is 54.1 Å². The fourth-order valence-corrected chi connectivity index (χ4v) is 3.30. The van der Waals surface area contributed by atoms with Gasteiger partial charge in [0.15, 0.2) is 9.84 Å². The summed E-state index contributed by atoms with van der Waals surface area (Å²) in [6, 6.07) is 13.5. The Labute approximate surface area is 165 Å². The summed E-state index contributed by atoms with van der Waals surface area (Å²) < 4.78 is 22.9. The molecule has 0 saturated carbocycles. The van der Waals surface area contributed by atoms with Gasteiger partial charge in [-0.25, -0.2) is 8.42 Å². The highest BCUT2D eigenvalue weighted by Crippen LogP contribution is 2.15. The van der Waals surface area contributed by atoms with Crippen LogP contribution >= 0.6 is 0 Å². The molecule has 0 atom stereocenters. The molecular formula is C20H25N3O4S. The van der Waals surface area contributed by atoms with Crippen LogP contribution in [0.4, 0.5) is 11.4 Å². The number of benzene rings is 2. The van der Waals surface area contributed by atoms with Crippen molar-refractivity contribution in [1.29, 1.82) is 0 Å². The molecule has 0 unspecified atom stereocenters. The Kier molecular flexibility index (Phi) is 7.31. The van der Waals surface area contributed by atoms with Crippen molar-refractivity contribution in [3.8, 4) is 0 Å². The van der Waals surface area contributed by atoms with Crippen molar-refractivity contribution in [2.75, 3.05) is 37.0 Å². The van der Waals surface area contributed by atoms with Crippen molar-refractivity contribution >= 4 is 33.0 Å². The van der Waals surface area contributed by atoms with E-state index >= 15 is 0 Å². The van der Waals surface area contributed by atoms with Crippen molar-refractivity contribution in [3.63, 3.8) is 0 Å². The van der Waals surface area contributed by atoms with Crippen LogP contribution in [0, 0.1) is 0 Å². The topological polar surface area (TPSA) is 95.6 Å². The Bertz CT molecular complexity index is 940. The van der Waals surface area contributed by atoms with Gasteiger partial charge in [-0.15, -0.1) is 0 Å². The van der Waals surface area contributed by atoms with Gasteiger partial charge in [0, 0.05) is 17.6 Å². The molecule has 2 aromatic carbocycles. The van der Waals surface area contributed by atoms with Crippen molar-refractivity contribution < 1.29 is 18.0 Å². The molecule has 28 heavy (non-hydrogen) atoms. The minimum Gasteiger partial charge on any atom is -0.325 e. The largest absolute Gasteiger partial charge is 0.325 e. The van der Waals surface area contributed by atoms with Gasteiger partial charge in [-0.3, -0.25) is 14.5 Å². The number of aryl methyl sites for hydroxylation is 1. The molecule has 0 aliphatic carbocycles. The molecule has 0 fully saturated rings. The van der Waals surface area contributed by atoms with E-state index in [-0.39, 0.29) is 29.8 Å². The minimum atomic E-state index is -3.28. The van der Waals surface area contributed by atoms with Crippen LogP contribution in [0.1, 0.15) is 12.5 Å². The van der Waals surface area contributed by atoms with Gasteiger partial charge in [0.2, 0.25) is 11.8 Å². The van der Waals surface area contributed by atoms with Gasteiger partial charge in [-0.05, 0) is 49.4 Å². The molecule has 2 N–H and O–H groups in total. The molecule has 2 amide bonds. The molecule has 0 radical (unpaired) electrons. The molecule has 0 aliphatic rings. The van der Waals surface area contributed by atoms with E-state index in [1.807, 2.05) is 31.2 Å². The number of carbonyl (C=O) groups excluding carboxylic acids is 2. The number of amides is 2. The van der Waals surface area contributed by atoms with Gasteiger partial charge in [0.1, 0.15) is 0 Å². The second-order valence-corrected chi connectivity index (χ2v) is 8.59. The SMILES string of the molecule is CCc1ccccc1NC(=O)CN(C)CC(=O)Nc1ccc(S(C)(=O)=O)cc1. The van der Waals surface area contributed by atoms with E-state index in [1.54, 1.807) is 11.9 Å². The lowest BCUT2D eigenvalue weighted by molar-refractivity contribution is -0.119. The first kappa shape index (κ1) is 21.6. The van der Waals surface area contributed by atoms with E-state index < -0.39 is 9.84 Å². The highest BCUT2D eigenvalue weighted by molar-refractivity contribution is 7.90. The van der Waals surface area contributed by atoms with Crippen molar-refractivity contribution in [1.82, 2.24) is 4.90 Å². The van der Waals surface area contributed by atoms with Crippen molar-refractivity contribution in [2.45, 2.75) is 18.2 Å². The summed E-state index contributed by atoms with van der Waals surface area (Å²) in [5.41, 5.74) is 2.32. The summed E-state index contributed by atoms with van der Waals surface area (Å²) in [6.07, 6.45) is 1.94. The molecule has 0 bridgehead atoms. The van der Waals surface area contributed by atoms with Crippen LogP contribution < -0.4 is 10.6 Å². The number of rotatable bonds is 8. The summed E-state index contributed by atoms with van der Waals surface area (Å²) in [4.78, 5) is 26.2. The first-order chi connectivity index (χ1) is 13.2. The second-order valence-electron chi connectivity index (χ2n) is 6.58. The van der Waals surface area contributed by atoms with Gasteiger partial charge in [0.25, 0.3) is 0 Å². The smallest absolute Gasteiger partial charge is 0.238 e. The summed E-state index contributed by atoms with van der Waals surface area (Å²) in [5, 5.41) is 5.55. The van der Waals surface area contributed by atoms with E-state index in [0.29, 0.717) is 5.69 Å². The molecule has 150 valence electrons. The molecule has 2 rings (SSSR count). The molecule has 7 nitrogen and oxygen atoms in total. The first-order valence-electron chi connectivity index (χ1n) is 8.85. The van der Waals surface area contributed by atoms with Crippen molar-refractivity contribution in [2.24, 2.45) is 0 Å². The molecule has 8 heteroatoms. The molecule has 0 aliphatic heterocycles. The highest BCUT2D eigenvalue weighted by Gasteiger charge is 2.13. The van der Waals surface area contributed by atoms with Crippen LogP contribution in [-0.4, -0.2) is 51.5 Å². The highest BCUT2D eigenvalue weighted by atomic mass is 32.2. The normalized spacial score (nSPS) is 11.3. The number of para-hydroxylation sites is 1. The van der Waals surface area contributed by atoms with Crippen LogP contribution in [0.5, 0.6) is 0 Å². The van der Waals surface area contributed by atoms with Gasteiger partial charge in [0.05, 0.1) is 18.0 Å². The number of carbonyl (C=O) groups is 2. The third-order valence-corrected chi connectivity index (χ3v) is 5.19. The van der Waals surface area contributed by atoms with Crippen LogP contribution in [0.3, 0.4) is 0 Å². The Morgan fingerprint density at radius 1 is 0.929 bits per heavy atom. The number of nitrogens with one attached hydrogen (secondary N) is 2. The van der Waals surface area contributed by atoms with E-state index in [2.05, 4.69) is 10.6 Å². The Morgan fingerprint density at radius 2 is 1.50 bits per heavy atom. The van der Waals surface area contributed by atoms with Gasteiger partial charge >= 0.3 is 0 Å². The Morgan fingerprint density at radius 3 is 2.07 bits per heavy atom. The zero-order valence-electron chi connectivity index (χ0n) is 16.2. The Hall–Kier alpha value is -2.71. The van der Waals surface area contributed by atoms with Crippen LogP contribution in [0.25, 0.3) is 0 Å². The lowest BCUT2D eigenvalue weighted by Gasteiger charge is -2.17. The fourth-order valence-electron chi connectivity index (χ4n) is 2.67. The predicted molar refractivity (Wildman–Crippen MR) is 110 cm³/mol. The fraction of sp³-hybridized carbons (Fsp3) is 0.300. The zero-order chi connectivity index (χ0) is 20.7. The van der Waals surface area contributed by atoms with Crippen LogP contribution in [-0.2, 0) is 25.8 Å². The molecule has 2 aromatic rings. The molecule has 0 aromatic heterocycles. The maximum atomic E-state index is 12.2. The number of hydrogen-bond donors (Lipinski definition) is 2. The van der Waals surface area contributed by atoms with E-state index in [4.69, 9.17) is 0 Å². The maximum absolute atomic E-state index is 12.2. The number of likely N-dealkylation sites (N-methyl/N-ethyl adjacent to an activating group) is 1. The number of sulfone groups is 1. The summed E-state index contributed by atoms with van der Waals surface area (Å²) in [6.45, 7) is 2.11. The third kappa shape index (κ3) is 6.47. The molecule has 0 saturated heterocycles. The predicted octanol–water partition coefficient (Wildman–Crippen LogP) is 2.16. The number of nitrogens with zero attached hydrogens (tertiary/aromatic N) is 1. The third-order valence-electron chi connectivity index (χ3n) is 4.07. The van der Waals surface area contributed by atoms with E-state index in [9.17, 15) is 18.0 Å². The second kappa shape index (κ2) is 9.48. The van der Waals surface area contributed by atoms with E-state index in [0.717, 1.165) is 23.9 Å². The van der Waals surface area contributed by atoms with Crippen LogP contribution in [0.15, 0.2) is 53.4 Å². The quantitative estimate of drug-likeness (QED) is 0.704. The monoisotopic (exact) mass is 403 g/mol. The molecular weight excluding hydrogens is 378 g/mol. The van der Waals surface area contributed by atoms with Gasteiger partial charge in [-0.2, -0.15) is 0 Å². The van der Waals surface area contributed by atoms with Gasteiger partial charge < -0.3 is 10.6 Å². The number of anilines is 2. The molecule has 0 heterocycles. The van der Waals surface area contributed by atoms with E-state index in [1.165, 1.54) is 24.3 Å². The summed E-state index contributed by atoms with van der Waals surface area (Å²) >= 11 is 0. The zero-order valence-corrected chi connectivity index (χ0v) is 17.0. The lowest BCUT2D eigenvalue weighted by Crippen LogP contribution is -2.36. The standard InChI is InChI=1S/C20H25N3O4S/c1-4-15-7-5-6-8-18(15)22-20(25)14-23(2)13-19(24)21-16-9-11-17(12-10-16)28(3,26)27/h5-12H,4,13-14H2,1-3H3,(H,21,24)(H,22,25). The minimum absolute atomic E-state index is 0.0245. The van der Waals surface area contributed by atoms with Crippen LogP contribution in [0.2, 0.25) is 0 Å². The first-order valence-corrected chi connectivity index (χ1v) is 10.7. The average molecular weight is 404 g/mol. The average Bonchev–Trinajstić information content (AvgIpc) is 2.61. The maximum Gasteiger partial charge on any atom is 0.238 e. The lowest BCUT2D eigenvalue weighted by atomic mass is 10.1. The van der Waals surface area contributed by atoms with Gasteiger partial charge in [-0.1, -0.05) is 25.1 Å². The Balaban J connectivity index is 1.85. The summed E-state index contributed by atoms with van der Waals surface area (Å²) in [7, 11) is -1.60.